The van der Waals surface area contributed by atoms with Crippen LogP contribution < -0.4 is 11.0 Å². The van der Waals surface area contributed by atoms with Crippen molar-refractivity contribution in [3.63, 3.8) is 0 Å². The maximum Gasteiger partial charge on any atom is 0.348 e. The summed E-state index contributed by atoms with van der Waals surface area (Å²) in [6.07, 6.45) is 5.28. The zero-order chi connectivity index (χ0) is 17.9. The van der Waals surface area contributed by atoms with Gasteiger partial charge in [-0.15, -0.1) is 11.8 Å². The number of nitrogens with one attached hydrogen (secondary N) is 1. The third-order valence-corrected chi connectivity index (χ3v) is 6.45. The average Bonchev–Trinajstić information content (AvgIpc) is 3.13. The summed E-state index contributed by atoms with van der Waals surface area (Å²) in [6.45, 7) is 2.87. The summed E-state index contributed by atoms with van der Waals surface area (Å²) in [4.78, 5) is 17.1. The first-order valence-corrected chi connectivity index (χ1v) is 10.4. The molecule has 1 aliphatic carbocycles. The van der Waals surface area contributed by atoms with Crippen LogP contribution in [0.4, 0.5) is 4.39 Å². The van der Waals surface area contributed by atoms with Gasteiger partial charge in [0.15, 0.2) is 0 Å². The molecule has 0 unspecified atom stereocenters. The number of hydrogen-bond acceptors (Lipinski definition) is 4. The number of halogens is 1. The van der Waals surface area contributed by atoms with E-state index in [0.717, 1.165) is 62.3 Å². The third kappa shape index (κ3) is 3.86. The normalized spacial score (nSPS) is 17.4. The molecule has 0 bridgehead atoms. The van der Waals surface area contributed by atoms with Gasteiger partial charge in [0, 0.05) is 23.6 Å². The van der Waals surface area contributed by atoms with Crippen molar-refractivity contribution < 1.29 is 4.39 Å². The monoisotopic (exact) mass is 373 g/mol. The van der Waals surface area contributed by atoms with Crippen molar-refractivity contribution >= 4 is 11.8 Å². The van der Waals surface area contributed by atoms with E-state index in [9.17, 15) is 9.18 Å². The molecule has 4 rings (SSSR count). The SMILES string of the molecule is O=c1nc(SCc2cccc(F)c2)c2c(n1CC1CCNCC1)CCC2. The number of piperidine rings is 1. The van der Waals surface area contributed by atoms with E-state index in [4.69, 9.17) is 0 Å². The molecule has 0 amide bonds. The van der Waals surface area contributed by atoms with Crippen molar-refractivity contribution in [3.05, 3.63) is 57.4 Å². The first-order valence-electron chi connectivity index (χ1n) is 9.41. The molecular weight excluding hydrogens is 349 g/mol. The van der Waals surface area contributed by atoms with Crippen LogP contribution in [0, 0.1) is 11.7 Å². The Hall–Kier alpha value is -1.66. The third-order valence-electron chi connectivity index (χ3n) is 5.36. The lowest BCUT2D eigenvalue weighted by Gasteiger charge is -2.24. The van der Waals surface area contributed by atoms with Gasteiger partial charge in [0.1, 0.15) is 10.8 Å². The molecule has 138 valence electrons. The van der Waals surface area contributed by atoms with Gasteiger partial charge in [0.05, 0.1) is 0 Å². The predicted octanol–water partition coefficient (Wildman–Crippen LogP) is 3.16. The molecule has 6 heteroatoms. The van der Waals surface area contributed by atoms with Crippen molar-refractivity contribution in [2.24, 2.45) is 5.92 Å². The van der Waals surface area contributed by atoms with Crippen molar-refractivity contribution in [2.45, 2.75) is 49.4 Å². The molecule has 0 atom stereocenters. The van der Waals surface area contributed by atoms with E-state index < -0.39 is 0 Å². The lowest BCUT2D eigenvalue weighted by molar-refractivity contribution is 0.324. The summed E-state index contributed by atoms with van der Waals surface area (Å²) < 4.78 is 15.3. The fraction of sp³-hybridized carbons (Fsp3) is 0.500. The number of fused-ring (bicyclic) bond motifs is 1. The Balaban J connectivity index is 1.56. The first kappa shape index (κ1) is 17.7. The second-order valence-electron chi connectivity index (χ2n) is 7.20. The lowest BCUT2D eigenvalue weighted by Crippen LogP contribution is -2.35. The minimum Gasteiger partial charge on any atom is -0.317 e. The summed E-state index contributed by atoms with van der Waals surface area (Å²) in [6, 6.07) is 6.63. The minimum atomic E-state index is -0.223. The highest BCUT2D eigenvalue weighted by atomic mass is 32.2. The highest BCUT2D eigenvalue weighted by molar-refractivity contribution is 7.98. The van der Waals surface area contributed by atoms with Gasteiger partial charge in [-0.05, 0) is 68.8 Å². The van der Waals surface area contributed by atoms with Gasteiger partial charge in [-0.3, -0.25) is 4.57 Å². The minimum absolute atomic E-state index is 0.120. The predicted molar refractivity (Wildman–Crippen MR) is 102 cm³/mol. The van der Waals surface area contributed by atoms with E-state index in [1.807, 2.05) is 10.6 Å². The zero-order valence-corrected chi connectivity index (χ0v) is 15.7. The van der Waals surface area contributed by atoms with Crippen LogP contribution in [0.25, 0.3) is 0 Å². The van der Waals surface area contributed by atoms with Crippen molar-refractivity contribution in [2.75, 3.05) is 13.1 Å². The van der Waals surface area contributed by atoms with Gasteiger partial charge in [-0.1, -0.05) is 12.1 Å². The quantitative estimate of drug-likeness (QED) is 0.646. The second kappa shape index (κ2) is 7.92. The first-order chi connectivity index (χ1) is 12.7. The van der Waals surface area contributed by atoms with E-state index in [-0.39, 0.29) is 11.5 Å². The topological polar surface area (TPSA) is 46.9 Å². The standard InChI is InChI=1S/C20H24FN3OS/c21-16-4-1-3-15(11-16)13-26-19-17-5-2-6-18(17)24(20(25)23-19)12-14-7-9-22-10-8-14/h1,3-4,11,14,22H,2,5-10,12-13H2. The highest BCUT2D eigenvalue weighted by Crippen LogP contribution is 2.31. The van der Waals surface area contributed by atoms with Crippen LogP contribution in [0.15, 0.2) is 34.1 Å². The van der Waals surface area contributed by atoms with Gasteiger partial charge in [-0.25, -0.2) is 9.18 Å². The number of benzene rings is 1. The summed E-state index contributed by atoms with van der Waals surface area (Å²) in [7, 11) is 0. The van der Waals surface area contributed by atoms with Crippen LogP contribution in [0.2, 0.25) is 0 Å². The van der Waals surface area contributed by atoms with Gasteiger partial charge >= 0.3 is 5.69 Å². The molecule has 1 aromatic heterocycles. The number of rotatable bonds is 5. The van der Waals surface area contributed by atoms with Crippen molar-refractivity contribution in [1.29, 1.82) is 0 Å². The van der Waals surface area contributed by atoms with Crippen LogP contribution in [0.5, 0.6) is 0 Å². The maximum absolute atomic E-state index is 13.4. The molecule has 2 aromatic rings. The Kier molecular flexibility index (Phi) is 5.41. The number of thioether (sulfide) groups is 1. The smallest absolute Gasteiger partial charge is 0.317 e. The lowest BCUT2D eigenvalue weighted by atomic mass is 9.98. The molecule has 1 aromatic carbocycles. The highest BCUT2D eigenvalue weighted by Gasteiger charge is 2.24. The van der Waals surface area contributed by atoms with E-state index in [0.29, 0.717) is 11.7 Å². The van der Waals surface area contributed by atoms with Crippen molar-refractivity contribution in [3.8, 4) is 0 Å². The fourth-order valence-electron chi connectivity index (χ4n) is 3.99. The van der Waals surface area contributed by atoms with Gasteiger partial charge in [0.25, 0.3) is 0 Å². The van der Waals surface area contributed by atoms with E-state index in [1.165, 1.54) is 17.3 Å². The Morgan fingerprint density at radius 1 is 1.27 bits per heavy atom. The molecule has 0 radical (unpaired) electrons. The number of hydrogen-bond donors (Lipinski definition) is 1. The van der Waals surface area contributed by atoms with Gasteiger partial charge in [0.2, 0.25) is 0 Å². The van der Waals surface area contributed by atoms with Crippen LogP contribution >= 0.6 is 11.8 Å². The molecule has 1 fully saturated rings. The van der Waals surface area contributed by atoms with Crippen molar-refractivity contribution in [1.82, 2.24) is 14.9 Å². The molecule has 2 heterocycles. The van der Waals surface area contributed by atoms with E-state index >= 15 is 0 Å². The van der Waals surface area contributed by atoms with Crippen LogP contribution in [-0.4, -0.2) is 22.6 Å². The molecule has 4 nitrogen and oxygen atoms in total. The maximum atomic E-state index is 13.4. The fourth-order valence-corrected chi connectivity index (χ4v) is 5.01. The van der Waals surface area contributed by atoms with Gasteiger partial charge in [-0.2, -0.15) is 4.98 Å². The summed E-state index contributed by atoms with van der Waals surface area (Å²) >= 11 is 1.56. The summed E-state index contributed by atoms with van der Waals surface area (Å²) in [5.74, 6) is 0.972. The molecule has 0 saturated carbocycles. The molecule has 26 heavy (non-hydrogen) atoms. The molecule has 1 saturated heterocycles. The molecule has 1 N–H and O–H groups in total. The van der Waals surface area contributed by atoms with Crippen LogP contribution in [-0.2, 0) is 25.1 Å². The molecule has 2 aliphatic rings. The zero-order valence-electron chi connectivity index (χ0n) is 14.8. The average molecular weight is 373 g/mol. The molecule has 1 aliphatic heterocycles. The summed E-state index contributed by atoms with van der Waals surface area (Å²) in [5, 5.41) is 4.22. The molecule has 0 spiro atoms. The largest absolute Gasteiger partial charge is 0.348 e. The van der Waals surface area contributed by atoms with Crippen LogP contribution in [0.1, 0.15) is 36.1 Å². The number of aromatic nitrogens is 2. The second-order valence-corrected chi connectivity index (χ2v) is 8.16. The Bertz CT molecular complexity index is 845. The van der Waals surface area contributed by atoms with E-state index in [2.05, 4.69) is 10.3 Å². The Morgan fingerprint density at radius 3 is 2.92 bits per heavy atom. The Morgan fingerprint density at radius 2 is 2.12 bits per heavy atom. The summed E-state index contributed by atoms with van der Waals surface area (Å²) in [5.41, 5.74) is 3.22. The number of nitrogens with zero attached hydrogens (tertiary/aromatic N) is 2. The van der Waals surface area contributed by atoms with E-state index in [1.54, 1.807) is 23.9 Å². The van der Waals surface area contributed by atoms with Gasteiger partial charge < -0.3 is 5.32 Å². The molecular formula is C20H24FN3OS. The Labute approximate surface area is 157 Å². The van der Waals surface area contributed by atoms with Crippen LogP contribution in [0.3, 0.4) is 0 Å².